The SMILES string of the molecule is O=C(CN1CCCCC1C(=O)c1ccc(F)cc1)c1ccc(F)cc1. The van der Waals surface area contributed by atoms with Crippen LogP contribution in [0.2, 0.25) is 0 Å². The zero-order valence-electron chi connectivity index (χ0n) is 13.8. The van der Waals surface area contributed by atoms with Crippen molar-refractivity contribution in [2.45, 2.75) is 25.3 Å². The van der Waals surface area contributed by atoms with Crippen LogP contribution in [-0.2, 0) is 0 Å². The summed E-state index contributed by atoms with van der Waals surface area (Å²) >= 11 is 0. The molecule has 1 saturated heterocycles. The van der Waals surface area contributed by atoms with Gasteiger partial charge >= 0.3 is 0 Å². The van der Waals surface area contributed by atoms with Gasteiger partial charge < -0.3 is 0 Å². The fourth-order valence-electron chi connectivity index (χ4n) is 3.20. The number of nitrogens with zero attached hydrogens (tertiary/aromatic N) is 1. The number of carbonyl (C=O) groups excluding carboxylic acids is 2. The predicted molar refractivity (Wildman–Crippen MR) is 90.7 cm³/mol. The van der Waals surface area contributed by atoms with Crippen LogP contribution in [0.25, 0.3) is 0 Å². The molecule has 0 aliphatic carbocycles. The van der Waals surface area contributed by atoms with Crippen molar-refractivity contribution in [3.8, 4) is 0 Å². The molecule has 2 aromatic rings. The van der Waals surface area contributed by atoms with Crippen LogP contribution in [0.1, 0.15) is 40.0 Å². The number of piperidine rings is 1. The zero-order chi connectivity index (χ0) is 17.8. The Bertz CT molecular complexity index is 756. The maximum Gasteiger partial charge on any atom is 0.179 e. The highest BCUT2D eigenvalue weighted by atomic mass is 19.1. The second-order valence-corrected chi connectivity index (χ2v) is 6.28. The molecular weight excluding hydrogens is 324 g/mol. The van der Waals surface area contributed by atoms with Crippen molar-refractivity contribution in [2.75, 3.05) is 13.1 Å². The van der Waals surface area contributed by atoms with Crippen LogP contribution in [0.5, 0.6) is 0 Å². The van der Waals surface area contributed by atoms with E-state index >= 15 is 0 Å². The molecule has 1 heterocycles. The number of ketones is 2. The fraction of sp³-hybridized carbons (Fsp3) is 0.300. The smallest absolute Gasteiger partial charge is 0.179 e. The summed E-state index contributed by atoms with van der Waals surface area (Å²) in [6.45, 7) is 0.772. The van der Waals surface area contributed by atoms with Crippen molar-refractivity contribution < 1.29 is 18.4 Å². The molecule has 0 N–H and O–H groups in total. The van der Waals surface area contributed by atoms with Crippen LogP contribution in [0, 0.1) is 11.6 Å². The molecule has 0 aromatic heterocycles. The molecule has 1 atom stereocenters. The van der Waals surface area contributed by atoms with Gasteiger partial charge in [0.2, 0.25) is 0 Å². The maximum absolute atomic E-state index is 13.1. The van der Waals surface area contributed by atoms with E-state index in [0.29, 0.717) is 24.1 Å². The van der Waals surface area contributed by atoms with E-state index < -0.39 is 0 Å². The Balaban J connectivity index is 1.74. The van der Waals surface area contributed by atoms with Gasteiger partial charge in [-0.1, -0.05) is 6.42 Å². The molecule has 2 aromatic carbocycles. The first-order valence-corrected chi connectivity index (χ1v) is 8.37. The van der Waals surface area contributed by atoms with Gasteiger partial charge in [-0.15, -0.1) is 0 Å². The van der Waals surface area contributed by atoms with Gasteiger partial charge in [0.1, 0.15) is 11.6 Å². The van der Waals surface area contributed by atoms with E-state index in [4.69, 9.17) is 0 Å². The minimum absolute atomic E-state index is 0.0911. The van der Waals surface area contributed by atoms with Gasteiger partial charge in [-0.25, -0.2) is 8.78 Å². The van der Waals surface area contributed by atoms with E-state index in [1.165, 1.54) is 48.5 Å². The Labute approximate surface area is 145 Å². The maximum atomic E-state index is 13.1. The molecule has 0 amide bonds. The molecule has 1 aliphatic rings. The summed E-state index contributed by atoms with van der Waals surface area (Å²) in [7, 11) is 0. The molecule has 3 nitrogen and oxygen atoms in total. The topological polar surface area (TPSA) is 37.4 Å². The first kappa shape index (κ1) is 17.4. The van der Waals surface area contributed by atoms with Crippen LogP contribution in [0.15, 0.2) is 48.5 Å². The molecule has 0 spiro atoms. The summed E-state index contributed by atoms with van der Waals surface area (Å²) in [5.74, 6) is -1.01. The number of Topliss-reactive ketones (excluding diaryl/α,β-unsaturated/α-hetero) is 2. The van der Waals surface area contributed by atoms with Crippen LogP contribution < -0.4 is 0 Å². The molecular formula is C20H19F2NO2. The third-order valence-electron chi connectivity index (χ3n) is 4.56. The van der Waals surface area contributed by atoms with Gasteiger partial charge in [0.05, 0.1) is 12.6 Å². The first-order chi connectivity index (χ1) is 12.0. The molecule has 3 rings (SSSR count). The summed E-state index contributed by atoms with van der Waals surface area (Å²) in [5, 5.41) is 0. The number of carbonyl (C=O) groups is 2. The lowest BCUT2D eigenvalue weighted by Gasteiger charge is -2.34. The Hall–Kier alpha value is -2.40. The highest BCUT2D eigenvalue weighted by Gasteiger charge is 2.30. The van der Waals surface area contributed by atoms with Gasteiger partial charge in [0.15, 0.2) is 11.6 Å². The molecule has 130 valence electrons. The van der Waals surface area contributed by atoms with Crippen molar-refractivity contribution in [1.82, 2.24) is 4.90 Å². The highest BCUT2D eigenvalue weighted by molar-refractivity contribution is 6.01. The van der Waals surface area contributed by atoms with Gasteiger partial charge in [0, 0.05) is 11.1 Å². The third-order valence-corrected chi connectivity index (χ3v) is 4.56. The Morgan fingerprint density at radius 2 is 1.44 bits per heavy atom. The summed E-state index contributed by atoms with van der Waals surface area (Å²) in [6, 6.07) is 10.5. The van der Waals surface area contributed by atoms with Crippen LogP contribution in [0.3, 0.4) is 0 Å². The van der Waals surface area contributed by atoms with Crippen LogP contribution >= 0.6 is 0 Å². The third kappa shape index (κ3) is 4.17. The second kappa shape index (κ2) is 7.66. The molecule has 1 aliphatic heterocycles. The van der Waals surface area contributed by atoms with Gasteiger partial charge in [0.25, 0.3) is 0 Å². The van der Waals surface area contributed by atoms with Crippen molar-refractivity contribution in [2.24, 2.45) is 0 Å². The summed E-state index contributed by atoms with van der Waals surface area (Å²) in [5.41, 5.74) is 0.882. The Morgan fingerprint density at radius 1 is 0.880 bits per heavy atom. The summed E-state index contributed by atoms with van der Waals surface area (Å²) < 4.78 is 26.1. The number of rotatable bonds is 5. The monoisotopic (exact) mass is 343 g/mol. The zero-order valence-corrected chi connectivity index (χ0v) is 13.8. The lowest BCUT2D eigenvalue weighted by atomic mass is 9.93. The van der Waals surface area contributed by atoms with E-state index in [-0.39, 0.29) is 35.8 Å². The molecule has 0 bridgehead atoms. The molecule has 5 heteroatoms. The largest absolute Gasteiger partial charge is 0.293 e. The first-order valence-electron chi connectivity index (χ1n) is 8.37. The Morgan fingerprint density at radius 3 is 2.04 bits per heavy atom. The van der Waals surface area contributed by atoms with Crippen LogP contribution in [0.4, 0.5) is 8.78 Å². The fourth-order valence-corrected chi connectivity index (χ4v) is 3.20. The van der Waals surface area contributed by atoms with Gasteiger partial charge in [-0.2, -0.15) is 0 Å². The number of halogens is 2. The molecule has 1 fully saturated rings. The van der Waals surface area contributed by atoms with Crippen molar-refractivity contribution >= 4 is 11.6 Å². The number of benzene rings is 2. The average molecular weight is 343 g/mol. The van der Waals surface area contributed by atoms with E-state index in [0.717, 1.165) is 12.8 Å². The molecule has 0 radical (unpaired) electrons. The molecule has 0 saturated carbocycles. The lowest BCUT2D eigenvalue weighted by Crippen LogP contribution is -2.47. The quantitative estimate of drug-likeness (QED) is 0.773. The van der Waals surface area contributed by atoms with E-state index in [2.05, 4.69) is 0 Å². The summed E-state index contributed by atoms with van der Waals surface area (Å²) in [4.78, 5) is 27.1. The van der Waals surface area contributed by atoms with E-state index in [1.807, 2.05) is 4.90 Å². The minimum atomic E-state index is -0.390. The van der Waals surface area contributed by atoms with Crippen LogP contribution in [-0.4, -0.2) is 35.6 Å². The average Bonchev–Trinajstić information content (AvgIpc) is 2.63. The van der Waals surface area contributed by atoms with Crippen molar-refractivity contribution in [3.05, 3.63) is 71.3 Å². The van der Waals surface area contributed by atoms with E-state index in [1.54, 1.807) is 0 Å². The Kier molecular flexibility index (Phi) is 5.34. The standard InChI is InChI=1S/C20H19F2NO2/c21-16-8-4-14(5-9-16)19(24)13-23-12-2-1-3-18(23)20(25)15-6-10-17(22)11-7-15/h4-11,18H,1-3,12-13H2. The van der Waals surface area contributed by atoms with Crippen molar-refractivity contribution in [3.63, 3.8) is 0 Å². The van der Waals surface area contributed by atoms with Gasteiger partial charge in [-0.05, 0) is 67.9 Å². The number of hydrogen-bond acceptors (Lipinski definition) is 3. The highest BCUT2D eigenvalue weighted by Crippen LogP contribution is 2.21. The second-order valence-electron chi connectivity index (χ2n) is 6.28. The van der Waals surface area contributed by atoms with E-state index in [9.17, 15) is 18.4 Å². The van der Waals surface area contributed by atoms with Gasteiger partial charge in [-0.3, -0.25) is 14.5 Å². The normalized spacial score (nSPS) is 18.1. The molecule has 25 heavy (non-hydrogen) atoms. The predicted octanol–water partition coefficient (Wildman–Crippen LogP) is 3.88. The lowest BCUT2D eigenvalue weighted by molar-refractivity contribution is 0.0699. The van der Waals surface area contributed by atoms with Crippen molar-refractivity contribution in [1.29, 1.82) is 0 Å². The minimum Gasteiger partial charge on any atom is -0.293 e. The number of likely N-dealkylation sites (tertiary alicyclic amines) is 1. The summed E-state index contributed by atoms with van der Waals surface area (Å²) in [6.07, 6.45) is 2.51. The number of hydrogen-bond donors (Lipinski definition) is 0. The molecule has 1 unspecified atom stereocenters.